The van der Waals surface area contributed by atoms with Gasteiger partial charge in [-0.1, -0.05) is 12.1 Å². The molecule has 1 aromatic carbocycles. The minimum Gasteiger partial charge on any atom is -0.368 e. The summed E-state index contributed by atoms with van der Waals surface area (Å²) in [5.74, 6) is -0.295. The molecule has 2 aliphatic heterocycles. The lowest BCUT2D eigenvalue weighted by Crippen LogP contribution is -2.60. The van der Waals surface area contributed by atoms with Crippen molar-refractivity contribution in [2.24, 2.45) is 0 Å². The van der Waals surface area contributed by atoms with E-state index in [-0.39, 0.29) is 30.3 Å². The van der Waals surface area contributed by atoms with E-state index in [1.807, 2.05) is 13.8 Å². The predicted molar refractivity (Wildman–Crippen MR) is 97.7 cm³/mol. The van der Waals surface area contributed by atoms with Crippen molar-refractivity contribution in [3.63, 3.8) is 0 Å². The van der Waals surface area contributed by atoms with Gasteiger partial charge in [-0.05, 0) is 38.0 Å². The van der Waals surface area contributed by atoms with Crippen LogP contribution in [0.4, 0.5) is 4.39 Å². The van der Waals surface area contributed by atoms with Gasteiger partial charge in [0.05, 0.1) is 26.3 Å². The van der Waals surface area contributed by atoms with Gasteiger partial charge in [0.2, 0.25) is 11.8 Å². The van der Waals surface area contributed by atoms with Crippen LogP contribution in [0.2, 0.25) is 0 Å². The van der Waals surface area contributed by atoms with Crippen LogP contribution in [0.25, 0.3) is 0 Å². The third-order valence-electron chi connectivity index (χ3n) is 5.13. The molecule has 0 aliphatic carbocycles. The number of carbonyl (C=O) groups is 2. The van der Waals surface area contributed by atoms with E-state index < -0.39 is 5.60 Å². The summed E-state index contributed by atoms with van der Waals surface area (Å²) in [7, 11) is 0. The number of rotatable bonds is 4. The molecule has 1 unspecified atom stereocenters. The van der Waals surface area contributed by atoms with Crippen LogP contribution in [0.1, 0.15) is 25.8 Å². The molecule has 2 saturated heterocycles. The number of aryl methyl sites for hydroxylation is 1. The van der Waals surface area contributed by atoms with Crippen LogP contribution in [0.15, 0.2) is 24.3 Å². The lowest BCUT2D eigenvalue weighted by atomic mass is 10.00. The fourth-order valence-corrected chi connectivity index (χ4v) is 3.62. The summed E-state index contributed by atoms with van der Waals surface area (Å²) in [4.78, 5) is 28.5. The molecule has 0 radical (unpaired) electrons. The molecule has 2 aliphatic rings. The van der Waals surface area contributed by atoms with Gasteiger partial charge in [-0.3, -0.25) is 9.59 Å². The molecule has 3 rings (SSSR count). The zero-order valence-corrected chi connectivity index (χ0v) is 15.9. The van der Waals surface area contributed by atoms with Gasteiger partial charge in [0.1, 0.15) is 18.0 Å². The van der Waals surface area contributed by atoms with Gasteiger partial charge in [0.25, 0.3) is 0 Å². The Morgan fingerprint density at radius 2 is 2.00 bits per heavy atom. The lowest BCUT2D eigenvalue weighted by Gasteiger charge is -2.44. The Bertz CT molecular complexity index is 679. The van der Waals surface area contributed by atoms with Crippen LogP contribution in [0, 0.1) is 5.82 Å². The number of halogens is 1. The van der Waals surface area contributed by atoms with Crippen LogP contribution in [-0.4, -0.2) is 72.7 Å². The summed E-state index contributed by atoms with van der Waals surface area (Å²) in [6.45, 7) is 6.05. The van der Waals surface area contributed by atoms with Crippen LogP contribution in [0.3, 0.4) is 0 Å². The molecular formula is C20H27FN2O4. The van der Waals surface area contributed by atoms with Gasteiger partial charge in [-0.15, -0.1) is 0 Å². The Balaban J connectivity index is 1.63. The summed E-state index contributed by atoms with van der Waals surface area (Å²) >= 11 is 0. The largest absolute Gasteiger partial charge is 0.368 e. The van der Waals surface area contributed by atoms with Crippen molar-refractivity contribution in [1.82, 2.24) is 9.80 Å². The standard InChI is InChI=1S/C20H27FN2O4/c1-15(2)23-13-20(14-26-11-19(23)25)12-22(9-10-27-20)18(24)8-5-16-3-6-17(21)7-4-16/h3-4,6-7,15H,5,8-14H2,1-2H3. The predicted octanol–water partition coefficient (Wildman–Crippen LogP) is 1.62. The summed E-state index contributed by atoms with van der Waals surface area (Å²) in [5, 5.41) is 0. The highest BCUT2D eigenvalue weighted by atomic mass is 19.1. The number of benzene rings is 1. The van der Waals surface area contributed by atoms with Crippen molar-refractivity contribution >= 4 is 11.8 Å². The van der Waals surface area contributed by atoms with E-state index >= 15 is 0 Å². The highest BCUT2D eigenvalue weighted by molar-refractivity contribution is 5.78. The average Bonchev–Trinajstić information content (AvgIpc) is 2.80. The maximum atomic E-state index is 13.0. The van der Waals surface area contributed by atoms with E-state index in [2.05, 4.69) is 0 Å². The maximum Gasteiger partial charge on any atom is 0.248 e. The second-order valence-corrected chi connectivity index (χ2v) is 7.58. The molecule has 7 heteroatoms. The molecule has 2 fully saturated rings. The van der Waals surface area contributed by atoms with Gasteiger partial charge in [-0.2, -0.15) is 0 Å². The van der Waals surface area contributed by atoms with Gasteiger partial charge in [0.15, 0.2) is 0 Å². The highest BCUT2D eigenvalue weighted by Gasteiger charge is 2.43. The molecule has 6 nitrogen and oxygen atoms in total. The van der Waals surface area contributed by atoms with E-state index in [1.54, 1.807) is 21.9 Å². The zero-order chi connectivity index (χ0) is 19.4. The Kier molecular flexibility index (Phi) is 6.11. The van der Waals surface area contributed by atoms with Gasteiger partial charge in [0, 0.05) is 19.0 Å². The fraction of sp³-hybridized carbons (Fsp3) is 0.600. The second kappa shape index (κ2) is 8.35. The van der Waals surface area contributed by atoms with Gasteiger partial charge in [-0.25, -0.2) is 4.39 Å². The number of hydrogen-bond acceptors (Lipinski definition) is 4. The summed E-state index contributed by atoms with van der Waals surface area (Å²) in [6, 6.07) is 6.27. The molecule has 2 heterocycles. The quantitative estimate of drug-likeness (QED) is 0.799. The second-order valence-electron chi connectivity index (χ2n) is 7.58. The first-order valence-corrected chi connectivity index (χ1v) is 9.42. The van der Waals surface area contributed by atoms with E-state index in [4.69, 9.17) is 9.47 Å². The Morgan fingerprint density at radius 3 is 2.70 bits per heavy atom. The smallest absolute Gasteiger partial charge is 0.248 e. The molecule has 1 atom stereocenters. The molecule has 1 spiro atoms. The van der Waals surface area contributed by atoms with Crippen molar-refractivity contribution in [2.75, 3.05) is 39.5 Å². The third-order valence-corrected chi connectivity index (χ3v) is 5.13. The van der Waals surface area contributed by atoms with E-state index in [0.29, 0.717) is 45.7 Å². The number of morpholine rings is 1. The molecule has 0 N–H and O–H groups in total. The molecule has 1 aromatic rings. The summed E-state index contributed by atoms with van der Waals surface area (Å²) in [6.07, 6.45) is 0.923. The van der Waals surface area contributed by atoms with Crippen molar-refractivity contribution in [3.05, 3.63) is 35.6 Å². The fourth-order valence-electron chi connectivity index (χ4n) is 3.62. The van der Waals surface area contributed by atoms with Crippen molar-refractivity contribution < 1.29 is 23.5 Å². The van der Waals surface area contributed by atoms with Gasteiger partial charge >= 0.3 is 0 Å². The molecular weight excluding hydrogens is 351 g/mol. The first kappa shape index (κ1) is 19.8. The average molecular weight is 378 g/mol. The Labute approximate surface area is 159 Å². The first-order chi connectivity index (χ1) is 12.9. The minimum absolute atomic E-state index is 0.0358. The molecule has 27 heavy (non-hydrogen) atoms. The maximum absolute atomic E-state index is 13.0. The summed E-state index contributed by atoms with van der Waals surface area (Å²) < 4.78 is 24.6. The molecule has 148 valence electrons. The Hall–Kier alpha value is -1.99. The number of carbonyl (C=O) groups excluding carboxylic acids is 2. The number of nitrogens with zero attached hydrogens (tertiary/aromatic N) is 2. The molecule has 0 saturated carbocycles. The monoisotopic (exact) mass is 378 g/mol. The normalized spacial score (nSPS) is 23.8. The summed E-state index contributed by atoms with van der Waals surface area (Å²) in [5.41, 5.74) is 0.252. The molecule has 2 amide bonds. The third kappa shape index (κ3) is 4.84. The topological polar surface area (TPSA) is 59.1 Å². The SMILES string of the molecule is CC(C)N1CC2(COCC1=O)CN(C(=O)CCc1ccc(F)cc1)CCO2. The zero-order valence-electron chi connectivity index (χ0n) is 15.9. The highest BCUT2D eigenvalue weighted by Crippen LogP contribution is 2.24. The van der Waals surface area contributed by atoms with E-state index in [1.165, 1.54) is 12.1 Å². The van der Waals surface area contributed by atoms with Crippen LogP contribution in [-0.2, 0) is 25.5 Å². The first-order valence-electron chi connectivity index (χ1n) is 9.42. The molecule has 0 bridgehead atoms. The van der Waals surface area contributed by atoms with E-state index in [9.17, 15) is 14.0 Å². The van der Waals surface area contributed by atoms with Gasteiger partial charge < -0.3 is 19.3 Å². The van der Waals surface area contributed by atoms with Crippen molar-refractivity contribution in [3.8, 4) is 0 Å². The lowest BCUT2D eigenvalue weighted by molar-refractivity contribution is -0.162. The number of amides is 2. The van der Waals surface area contributed by atoms with Crippen LogP contribution >= 0.6 is 0 Å². The van der Waals surface area contributed by atoms with Crippen molar-refractivity contribution in [2.45, 2.75) is 38.3 Å². The van der Waals surface area contributed by atoms with Crippen LogP contribution in [0.5, 0.6) is 0 Å². The van der Waals surface area contributed by atoms with E-state index in [0.717, 1.165) is 5.56 Å². The minimum atomic E-state index is -0.680. The van der Waals surface area contributed by atoms with Crippen LogP contribution < -0.4 is 0 Å². The Morgan fingerprint density at radius 1 is 1.26 bits per heavy atom. The van der Waals surface area contributed by atoms with Crippen molar-refractivity contribution in [1.29, 1.82) is 0 Å². The number of ether oxygens (including phenoxy) is 2. The molecule has 0 aromatic heterocycles. The number of hydrogen-bond donors (Lipinski definition) is 0.